The van der Waals surface area contributed by atoms with Gasteiger partial charge >= 0.3 is 11.9 Å². The van der Waals surface area contributed by atoms with Gasteiger partial charge in [-0.25, -0.2) is 4.79 Å². The number of carbonyl (C=O) groups excluding carboxylic acids is 9. The van der Waals surface area contributed by atoms with Crippen LogP contribution < -0.4 is 71.2 Å². The highest BCUT2D eigenvalue weighted by molar-refractivity contribution is 7.80. The lowest BCUT2D eigenvalue weighted by Gasteiger charge is -2.28. The number of aliphatic hydroxyl groups is 2. The van der Waals surface area contributed by atoms with E-state index >= 15 is 0 Å². The number of hydrogen-bond acceptors (Lipinski definition) is 18. The third-order valence-corrected chi connectivity index (χ3v) is 11.1. The lowest BCUT2D eigenvalue weighted by atomic mass is 10.0. The van der Waals surface area contributed by atoms with Gasteiger partial charge in [0.1, 0.15) is 48.3 Å². The topological polar surface area (TPSA) is 507 Å². The van der Waals surface area contributed by atoms with E-state index in [1.165, 1.54) is 0 Å². The molecule has 0 saturated carbocycles. The molecule has 0 aliphatic rings. The predicted molar refractivity (Wildman–Crippen MR) is 267 cm³/mol. The van der Waals surface area contributed by atoms with Gasteiger partial charge in [0, 0.05) is 24.5 Å². The Morgan fingerprint density at radius 3 is 1.55 bits per heavy atom. The van der Waals surface area contributed by atoms with Gasteiger partial charge in [-0.3, -0.25) is 52.9 Å². The summed E-state index contributed by atoms with van der Waals surface area (Å²) in [5.41, 5.74) is 27.9. The summed E-state index contributed by atoms with van der Waals surface area (Å²) in [6.07, 6.45) is -3.56. The second-order valence-corrected chi connectivity index (χ2v) is 17.1. The van der Waals surface area contributed by atoms with Crippen molar-refractivity contribution in [1.82, 2.24) is 42.5 Å². The molecule has 0 aromatic heterocycles. The number of carboxylic acids is 2. The number of nitrogens with two attached hydrogens (primary N) is 5. The van der Waals surface area contributed by atoms with Crippen LogP contribution in [0.1, 0.15) is 57.4 Å². The average molecular weight is 1070 g/mol. The molecule has 9 amide bonds. The Kier molecular flexibility index (Phi) is 29.7. The molecule has 1 rings (SSSR count). The van der Waals surface area contributed by atoms with Crippen LogP contribution in [0.3, 0.4) is 0 Å². The zero-order chi connectivity index (χ0) is 55.4. The molecule has 0 bridgehead atoms. The molecule has 0 unspecified atom stereocenters. The van der Waals surface area contributed by atoms with E-state index in [1.807, 2.05) is 0 Å². The highest BCUT2D eigenvalue weighted by Crippen LogP contribution is 2.10. The first kappa shape index (κ1) is 64.2. The molecule has 1 aromatic rings. The number of guanidine groups is 1. The summed E-state index contributed by atoms with van der Waals surface area (Å²) < 4.78 is 0. The highest BCUT2D eigenvalue weighted by atomic mass is 32.1. The quantitative estimate of drug-likeness (QED) is 0.0130. The fraction of sp³-hybridized carbons (Fsp3) is 0.571. The summed E-state index contributed by atoms with van der Waals surface area (Å²) in [7, 11) is 0. The van der Waals surface area contributed by atoms with Crippen LogP contribution in [0.25, 0.3) is 0 Å². The summed E-state index contributed by atoms with van der Waals surface area (Å²) in [5, 5.41) is 58.0. The van der Waals surface area contributed by atoms with E-state index in [9.17, 15) is 73.2 Å². The van der Waals surface area contributed by atoms with Crippen molar-refractivity contribution in [2.24, 2.45) is 33.7 Å². The largest absolute Gasteiger partial charge is 0.481 e. The van der Waals surface area contributed by atoms with Gasteiger partial charge in [0.25, 0.3) is 0 Å². The van der Waals surface area contributed by atoms with Gasteiger partial charge in [0.15, 0.2) is 5.96 Å². The van der Waals surface area contributed by atoms with E-state index in [2.05, 4.69) is 72.8 Å². The smallest absolute Gasteiger partial charge is 0.327 e. The van der Waals surface area contributed by atoms with Crippen LogP contribution in [-0.4, -0.2) is 183 Å². The molecule has 10 atom stereocenters. The number of aliphatic imine (C=N–C) groups is 1. The Labute approximate surface area is 430 Å². The van der Waals surface area contributed by atoms with E-state index in [0.29, 0.717) is 12.0 Å². The van der Waals surface area contributed by atoms with Crippen molar-refractivity contribution < 1.29 is 73.2 Å². The molecule has 0 saturated heterocycles. The van der Waals surface area contributed by atoms with Crippen LogP contribution in [0.5, 0.6) is 0 Å². The summed E-state index contributed by atoms with van der Waals surface area (Å²) >= 11 is 7.79. The fourth-order valence-corrected chi connectivity index (χ4v) is 6.82. The standard InChI is InChI=1S/C42H68N14O15S2/c1-20(58)32(40(69)55-29(19-73)41(70)71)56-35(64)23(10-5-6-12-43)50-39(68)28(17-57)54-34(63)24(11-7-13-48-42(46)47)49-36(65)25(14-21-8-3-2-4-9-21)52-38(67)27(16-31(60)61)53-37(66)26(15-30(45)59)51-33(62)22(44)18-72/h2-4,8-9,20,22-29,32,57-58,72-73H,5-7,10-19,43-44H2,1H3,(H2,45,59)(H,49,65)(H,50,68)(H,51,62)(H,52,67)(H,53,66)(H,54,63)(H,55,69)(H,56,64)(H,60,61)(H,70,71)(H4,46,47,48)/t20-,22+,23+,24+,25+,26+,27+,28+,29+,32+/m1/s1. The number of thiol groups is 2. The minimum Gasteiger partial charge on any atom is -0.481 e. The second kappa shape index (κ2) is 33.8. The van der Waals surface area contributed by atoms with Gasteiger partial charge in [0.05, 0.1) is 31.6 Å². The highest BCUT2D eigenvalue weighted by Gasteiger charge is 2.36. The summed E-state index contributed by atoms with van der Waals surface area (Å²) in [6.45, 7) is 0.146. The monoisotopic (exact) mass is 1070 g/mol. The SMILES string of the molecule is C[C@@H](O)[C@H](NC(=O)[C@H](CCCCN)NC(=O)[C@H](CO)NC(=O)[C@H](CCCN=C(N)N)NC(=O)[C@H](Cc1ccccc1)NC(=O)[C@H](CC(=O)O)NC(=O)[C@H](CC(N)=O)NC(=O)[C@@H](N)CS)C(=O)N[C@@H](CS)C(=O)O. The molecule has 0 aliphatic heterocycles. The molecule has 408 valence electrons. The van der Waals surface area contributed by atoms with Crippen LogP contribution >= 0.6 is 25.3 Å². The minimum absolute atomic E-state index is 0.000790. The van der Waals surface area contributed by atoms with Crippen molar-refractivity contribution in [3.8, 4) is 0 Å². The molecule has 0 radical (unpaired) electrons. The second-order valence-electron chi connectivity index (χ2n) is 16.3. The Balaban J connectivity index is 3.57. The summed E-state index contributed by atoms with van der Waals surface area (Å²) in [4.78, 5) is 147. The molecule has 0 heterocycles. The van der Waals surface area contributed by atoms with Crippen molar-refractivity contribution in [3.63, 3.8) is 0 Å². The Morgan fingerprint density at radius 1 is 0.589 bits per heavy atom. The maximum Gasteiger partial charge on any atom is 0.327 e. The number of amides is 9. The molecule has 29 nitrogen and oxygen atoms in total. The van der Waals surface area contributed by atoms with Gasteiger partial charge in [-0.15, -0.1) is 0 Å². The molecule has 73 heavy (non-hydrogen) atoms. The van der Waals surface area contributed by atoms with Gasteiger partial charge < -0.3 is 91.6 Å². The maximum absolute atomic E-state index is 14.2. The number of carbonyl (C=O) groups is 11. The Bertz CT molecular complexity index is 2090. The number of unbranched alkanes of at least 4 members (excludes halogenated alkanes) is 1. The van der Waals surface area contributed by atoms with E-state index in [4.69, 9.17) is 28.7 Å². The molecular formula is C42H68N14O15S2. The number of primary amides is 1. The minimum atomic E-state index is -1.96. The van der Waals surface area contributed by atoms with E-state index in [0.717, 1.165) is 6.92 Å². The number of rotatable bonds is 35. The first-order valence-corrected chi connectivity index (χ1v) is 23.9. The molecule has 1 aromatic carbocycles. The zero-order valence-electron chi connectivity index (χ0n) is 39.9. The van der Waals surface area contributed by atoms with Crippen molar-refractivity contribution >= 4 is 96.3 Å². The normalized spacial score (nSPS) is 15.0. The van der Waals surface area contributed by atoms with E-state index < -0.39 is 145 Å². The molecule has 22 N–H and O–H groups in total. The lowest BCUT2D eigenvalue weighted by Crippen LogP contribution is -2.62. The first-order valence-electron chi connectivity index (χ1n) is 22.6. The zero-order valence-corrected chi connectivity index (χ0v) is 41.6. The van der Waals surface area contributed by atoms with E-state index in [1.54, 1.807) is 30.3 Å². The van der Waals surface area contributed by atoms with Crippen LogP contribution in [0.4, 0.5) is 0 Å². The van der Waals surface area contributed by atoms with Crippen LogP contribution in [0.15, 0.2) is 35.3 Å². The van der Waals surface area contributed by atoms with Crippen molar-refractivity contribution in [3.05, 3.63) is 35.9 Å². The molecule has 0 fully saturated rings. The fourth-order valence-electron chi connectivity index (χ4n) is 6.41. The molecule has 0 aliphatic carbocycles. The number of nitrogens with zero attached hydrogens (tertiary/aromatic N) is 1. The number of carboxylic acid groups (broad SMARTS) is 2. The lowest BCUT2D eigenvalue weighted by molar-refractivity contribution is -0.142. The van der Waals surface area contributed by atoms with Gasteiger partial charge in [-0.05, 0) is 51.1 Å². The average Bonchev–Trinajstić information content (AvgIpc) is 3.32. The number of hydrogen-bond donors (Lipinski definition) is 19. The molecular weight excluding hydrogens is 1000 g/mol. The Hall–Kier alpha value is -6.80. The first-order chi connectivity index (χ1) is 34.4. The third kappa shape index (κ3) is 24.5. The van der Waals surface area contributed by atoms with E-state index in [-0.39, 0.29) is 62.7 Å². The summed E-state index contributed by atoms with van der Waals surface area (Å²) in [6, 6.07) is -6.72. The molecule has 31 heteroatoms. The van der Waals surface area contributed by atoms with Gasteiger partial charge in [0.2, 0.25) is 53.2 Å². The van der Waals surface area contributed by atoms with Crippen LogP contribution in [0, 0.1) is 0 Å². The number of nitrogens with one attached hydrogen (secondary N) is 8. The van der Waals surface area contributed by atoms with Crippen molar-refractivity contribution in [1.29, 1.82) is 0 Å². The number of aliphatic carboxylic acids is 2. The van der Waals surface area contributed by atoms with Gasteiger partial charge in [-0.2, -0.15) is 25.3 Å². The number of benzene rings is 1. The number of aliphatic hydroxyl groups excluding tert-OH is 2. The summed E-state index contributed by atoms with van der Waals surface area (Å²) in [5.74, 6) is -13.8. The maximum atomic E-state index is 14.2. The van der Waals surface area contributed by atoms with Crippen LogP contribution in [0.2, 0.25) is 0 Å². The van der Waals surface area contributed by atoms with Crippen molar-refractivity contribution in [2.45, 2.75) is 119 Å². The predicted octanol–water partition coefficient (Wildman–Crippen LogP) is -7.72. The van der Waals surface area contributed by atoms with Gasteiger partial charge in [-0.1, -0.05) is 30.3 Å². The molecule has 0 spiro atoms. The van der Waals surface area contributed by atoms with Crippen molar-refractivity contribution in [2.75, 3.05) is 31.2 Å². The van der Waals surface area contributed by atoms with Crippen LogP contribution in [-0.2, 0) is 59.2 Å². The third-order valence-electron chi connectivity index (χ3n) is 10.3. The Morgan fingerprint density at radius 2 is 1.05 bits per heavy atom.